The van der Waals surface area contributed by atoms with Gasteiger partial charge in [-0.3, -0.25) is 9.40 Å². The van der Waals surface area contributed by atoms with Crippen molar-refractivity contribution in [1.29, 1.82) is 0 Å². The first-order valence-electron chi connectivity index (χ1n) is 6.88. The minimum atomic E-state index is -3.76. The number of rotatable bonds is 5. The Morgan fingerprint density at radius 1 is 1.04 bits per heavy atom. The smallest absolute Gasteiger partial charge is 0.261 e. The summed E-state index contributed by atoms with van der Waals surface area (Å²) in [5.41, 5.74) is 1.41. The second kappa shape index (κ2) is 6.21. The van der Waals surface area contributed by atoms with Crippen molar-refractivity contribution < 1.29 is 12.8 Å². The van der Waals surface area contributed by atoms with E-state index in [4.69, 9.17) is 0 Å². The van der Waals surface area contributed by atoms with E-state index in [1.807, 2.05) is 30.3 Å². The summed E-state index contributed by atoms with van der Waals surface area (Å²) >= 11 is 0. The number of sulfonamides is 1. The van der Waals surface area contributed by atoms with Crippen LogP contribution in [0.15, 0.2) is 71.9 Å². The monoisotopic (exact) mass is 331 g/mol. The Morgan fingerprint density at radius 2 is 1.74 bits per heavy atom. The zero-order valence-corrected chi connectivity index (χ0v) is 12.9. The number of hydrogen-bond acceptors (Lipinski definition) is 3. The van der Waals surface area contributed by atoms with Crippen molar-refractivity contribution >= 4 is 15.7 Å². The van der Waals surface area contributed by atoms with E-state index in [-0.39, 0.29) is 4.90 Å². The lowest BCUT2D eigenvalue weighted by Crippen LogP contribution is -2.12. The maximum atomic E-state index is 12.9. The van der Waals surface area contributed by atoms with Gasteiger partial charge in [-0.05, 0) is 29.8 Å². The molecule has 0 aliphatic heterocycles. The number of nitrogens with one attached hydrogen (secondary N) is 1. The fraction of sp³-hybridized carbons (Fsp3) is 0.0625. The van der Waals surface area contributed by atoms with Gasteiger partial charge in [-0.2, -0.15) is 5.10 Å². The largest absolute Gasteiger partial charge is 0.276 e. The van der Waals surface area contributed by atoms with Crippen LogP contribution in [0, 0.1) is 5.82 Å². The van der Waals surface area contributed by atoms with Gasteiger partial charge in [-0.15, -0.1) is 0 Å². The lowest BCUT2D eigenvalue weighted by molar-refractivity contribution is 0.599. The summed E-state index contributed by atoms with van der Waals surface area (Å²) in [6.07, 6.45) is 3.04. The molecule has 0 fully saturated rings. The van der Waals surface area contributed by atoms with Gasteiger partial charge in [-0.25, -0.2) is 12.8 Å². The number of anilines is 1. The van der Waals surface area contributed by atoms with Gasteiger partial charge < -0.3 is 0 Å². The minimum absolute atomic E-state index is 0.00490. The zero-order valence-electron chi connectivity index (χ0n) is 12.1. The van der Waals surface area contributed by atoms with E-state index >= 15 is 0 Å². The molecule has 0 radical (unpaired) electrons. The summed E-state index contributed by atoms with van der Waals surface area (Å²) in [7, 11) is -3.76. The molecule has 0 saturated heterocycles. The lowest BCUT2D eigenvalue weighted by Gasteiger charge is -2.05. The van der Waals surface area contributed by atoms with E-state index in [2.05, 4.69) is 9.82 Å². The highest BCUT2D eigenvalue weighted by molar-refractivity contribution is 7.92. The first-order chi connectivity index (χ1) is 11.0. The number of nitrogens with zero attached hydrogens (tertiary/aromatic N) is 2. The predicted octanol–water partition coefficient (Wildman–Crippen LogP) is 2.87. The highest BCUT2D eigenvalue weighted by Gasteiger charge is 2.15. The molecule has 118 valence electrons. The van der Waals surface area contributed by atoms with Crippen LogP contribution >= 0.6 is 0 Å². The molecule has 1 heterocycles. The summed E-state index contributed by atoms with van der Waals surface area (Å²) in [6.45, 7) is 0.541. The van der Waals surface area contributed by atoms with Gasteiger partial charge in [0.15, 0.2) is 0 Å². The van der Waals surface area contributed by atoms with Gasteiger partial charge in [0.25, 0.3) is 10.0 Å². The second-order valence-electron chi connectivity index (χ2n) is 4.97. The lowest BCUT2D eigenvalue weighted by atomic mass is 10.2. The van der Waals surface area contributed by atoms with Crippen molar-refractivity contribution in [2.75, 3.05) is 4.72 Å². The molecule has 0 unspecified atom stereocenters. The first kappa shape index (κ1) is 15.2. The summed E-state index contributed by atoms with van der Waals surface area (Å²) in [6, 6.07) is 14.3. The van der Waals surface area contributed by atoms with Crippen LogP contribution in [0.25, 0.3) is 0 Å². The van der Waals surface area contributed by atoms with Crippen molar-refractivity contribution in [2.45, 2.75) is 11.4 Å². The molecule has 0 atom stereocenters. The van der Waals surface area contributed by atoms with Gasteiger partial charge >= 0.3 is 0 Å². The van der Waals surface area contributed by atoms with Gasteiger partial charge in [0.05, 0.1) is 23.3 Å². The molecule has 5 nitrogen and oxygen atoms in total. The van der Waals surface area contributed by atoms with Crippen LogP contribution in [-0.4, -0.2) is 18.2 Å². The molecule has 23 heavy (non-hydrogen) atoms. The van der Waals surface area contributed by atoms with E-state index in [1.54, 1.807) is 10.9 Å². The summed E-state index contributed by atoms with van der Waals surface area (Å²) < 4.78 is 41.4. The average molecular weight is 331 g/mol. The Labute approximate surface area is 133 Å². The highest BCUT2D eigenvalue weighted by atomic mass is 32.2. The summed E-state index contributed by atoms with van der Waals surface area (Å²) in [4.78, 5) is -0.00490. The minimum Gasteiger partial charge on any atom is -0.276 e. The number of hydrogen-bond donors (Lipinski definition) is 1. The maximum Gasteiger partial charge on any atom is 0.261 e. The van der Waals surface area contributed by atoms with Crippen molar-refractivity contribution in [3.05, 3.63) is 78.4 Å². The second-order valence-corrected chi connectivity index (χ2v) is 6.65. The standard InChI is InChI=1S/C16H14FN3O2S/c17-14-6-8-16(9-7-14)23(21,22)19-15-10-18-20(12-15)11-13-4-2-1-3-5-13/h1-10,12,19H,11H2. The molecule has 3 rings (SSSR count). The molecule has 0 amide bonds. The molecule has 0 bridgehead atoms. The predicted molar refractivity (Wildman–Crippen MR) is 85.0 cm³/mol. The number of benzene rings is 2. The Morgan fingerprint density at radius 3 is 2.43 bits per heavy atom. The maximum absolute atomic E-state index is 12.9. The van der Waals surface area contributed by atoms with Gasteiger partial charge in [0, 0.05) is 6.20 Å². The van der Waals surface area contributed by atoms with Crippen LogP contribution < -0.4 is 4.72 Å². The van der Waals surface area contributed by atoms with Crippen LogP contribution in [0.3, 0.4) is 0 Å². The molecular formula is C16H14FN3O2S. The fourth-order valence-electron chi connectivity index (χ4n) is 2.10. The number of aromatic nitrogens is 2. The van der Waals surface area contributed by atoms with Crippen LogP contribution in [-0.2, 0) is 16.6 Å². The topological polar surface area (TPSA) is 64.0 Å². The Bertz CT molecular complexity index is 891. The van der Waals surface area contributed by atoms with Crippen LogP contribution in [0.2, 0.25) is 0 Å². The SMILES string of the molecule is O=S(=O)(Nc1cnn(Cc2ccccc2)c1)c1ccc(F)cc1. The summed E-state index contributed by atoms with van der Waals surface area (Å²) in [5.74, 6) is -0.486. The molecule has 0 aliphatic carbocycles. The van der Waals surface area contributed by atoms with Gasteiger partial charge in [-0.1, -0.05) is 30.3 Å². The van der Waals surface area contributed by atoms with Crippen LogP contribution in [0.4, 0.5) is 10.1 Å². The van der Waals surface area contributed by atoms with E-state index in [1.165, 1.54) is 18.3 Å². The molecule has 0 aliphatic rings. The molecule has 1 aromatic heterocycles. The molecule has 1 N–H and O–H groups in total. The quantitative estimate of drug-likeness (QED) is 0.782. The van der Waals surface area contributed by atoms with Crippen LogP contribution in [0.5, 0.6) is 0 Å². The summed E-state index contributed by atoms with van der Waals surface area (Å²) in [5, 5.41) is 4.13. The van der Waals surface area contributed by atoms with Crippen molar-refractivity contribution in [1.82, 2.24) is 9.78 Å². The zero-order chi connectivity index (χ0) is 16.3. The third-order valence-corrected chi connectivity index (χ3v) is 4.59. The molecule has 0 saturated carbocycles. The third-order valence-electron chi connectivity index (χ3n) is 3.20. The van der Waals surface area contributed by atoms with E-state index < -0.39 is 15.8 Å². The molecule has 7 heteroatoms. The van der Waals surface area contributed by atoms with Gasteiger partial charge in [0.1, 0.15) is 5.82 Å². The van der Waals surface area contributed by atoms with E-state index in [0.29, 0.717) is 12.2 Å². The third kappa shape index (κ3) is 3.75. The Balaban J connectivity index is 1.74. The van der Waals surface area contributed by atoms with Crippen LogP contribution in [0.1, 0.15) is 5.56 Å². The average Bonchev–Trinajstić information content (AvgIpc) is 2.95. The Kier molecular flexibility index (Phi) is 4.12. The molecular weight excluding hydrogens is 317 g/mol. The Hall–Kier alpha value is -2.67. The number of halogens is 1. The van der Waals surface area contributed by atoms with Crippen molar-refractivity contribution in [3.8, 4) is 0 Å². The normalized spacial score (nSPS) is 11.3. The molecule has 2 aromatic carbocycles. The van der Waals surface area contributed by atoms with Crippen molar-refractivity contribution in [2.24, 2.45) is 0 Å². The van der Waals surface area contributed by atoms with E-state index in [0.717, 1.165) is 17.7 Å². The molecule has 0 spiro atoms. The highest BCUT2D eigenvalue weighted by Crippen LogP contribution is 2.16. The van der Waals surface area contributed by atoms with E-state index in [9.17, 15) is 12.8 Å². The fourth-order valence-corrected chi connectivity index (χ4v) is 3.13. The van der Waals surface area contributed by atoms with Gasteiger partial charge in [0.2, 0.25) is 0 Å². The van der Waals surface area contributed by atoms with Crippen molar-refractivity contribution in [3.63, 3.8) is 0 Å². The molecule has 3 aromatic rings. The first-order valence-corrected chi connectivity index (χ1v) is 8.36.